The number of thiophene rings is 1. The van der Waals surface area contributed by atoms with Crippen molar-refractivity contribution in [3.05, 3.63) is 52.2 Å². The smallest absolute Gasteiger partial charge is 0.251 e. The van der Waals surface area contributed by atoms with Gasteiger partial charge in [-0.15, -0.1) is 11.3 Å². The number of anilines is 1. The maximum Gasteiger partial charge on any atom is 0.251 e. The molecule has 0 radical (unpaired) electrons. The summed E-state index contributed by atoms with van der Waals surface area (Å²) in [6.45, 7) is 4.25. The number of hydrogen-bond acceptors (Lipinski definition) is 4. The van der Waals surface area contributed by atoms with Crippen molar-refractivity contribution < 1.29 is 13.2 Å². The van der Waals surface area contributed by atoms with Crippen molar-refractivity contribution in [1.82, 2.24) is 5.32 Å². The summed E-state index contributed by atoms with van der Waals surface area (Å²) in [4.78, 5) is 13.9. The standard InChI is InChI=1S/C18H24N2O3S2/c1-4-13(5-2)17(16-10-7-11-24-16)19-18(21)14-8-6-9-15(12-14)20-25(3,22)23/h6-13,17,20H,4-5H2,1-3H3,(H,19,21). The van der Waals surface area contributed by atoms with Crippen LogP contribution in [0.25, 0.3) is 0 Å². The predicted molar refractivity (Wildman–Crippen MR) is 104 cm³/mol. The number of benzene rings is 1. The van der Waals surface area contributed by atoms with Crippen LogP contribution in [-0.4, -0.2) is 20.6 Å². The Morgan fingerprint density at radius 3 is 2.44 bits per heavy atom. The van der Waals surface area contributed by atoms with Gasteiger partial charge in [-0.1, -0.05) is 38.8 Å². The molecule has 0 fully saturated rings. The molecule has 1 heterocycles. The van der Waals surface area contributed by atoms with Crippen molar-refractivity contribution in [1.29, 1.82) is 0 Å². The van der Waals surface area contributed by atoms with Gasteiger partial charge in [0.1, 0.15) is 0 Å². The second-order valence-corrected chi connectivity index (χ2v) is 8.73. The third-order valence-electron chi connectivity index (χ3n) is 4.08. The minimum atomic E-state index is -3.38. The number of rotatable bonds is 8. The van der Waals surface area contributed by atoms with Gasteiger partial charge < -0.3 is 5.32 Å². The number of sulfonamides is 1. The van der Waals surface area contributed by atoms with E-state index in [1.165, 1.54) is 0 Å². The monoisotopic (exact) mass is 380 g/mol. The van der Waals surface area contributed by atoms with E-state index in [4.69, 9.17) is 0 Å². The molecule has 1 amide bonds. The number of amides is 1. The zero-order valence-corrected chi connectivity index (χ0v) is 16.3. The normalized spacial score (nSPS) is 12.8. The maximum absolute atomic E-state index is 12.7. The summed E-state index contributed by atoms with van der Waals surface area (Å²) in [7, 11) is -3.38. The zero-order valence-electron chi connectivity index (χ0n) is 14.7. The second kappa shape index (κ2) is 8.49. The van der Waals surface area contributed by atoms with Gasteiger partial charge in [-0.05, 0) is 35.6 Å². The summed E-state index contributed by atoms with van der Waals surface area (Å²) in [6.07, 6.45) is 3.02. The first kappa shape index (κ1) is 19.5. The van der Waals surface area contributed by atoms with Crippen LogP contribution < -0.4 is 10.0 Å². The van der Waals surface area contributed by atoms with Crippen LogP contribution in [0.3, 0.4) is 0 Å². The van der Waals surface area contributed by atoms with Crippen LogP contribution >= 0.6 is 11.3 Å². The molecular weight excluding hydrogens is 356 g/mol. The van der Waals surface area contributed by atoms with Crippen molar-refractivity contribution in [3.63, 3.8) is 0 Å². The Bertz CT molecular complexity index is 797. The van der Waals surface area contributed by atoms with E-state index < -0.39 is 10.0 Å². The molecule has 0 saturated heterocycles. The number of carbonyl (C=O) groups is 1. The van der Waals surface area contributed by atoms with Crippen LogP contribution in [0.2, 0.25) is 0 Å². The Balaban J connectivity index is 2.22. The molecule has 136 valence electrons. The molecule has 5 nitrogen and oxygen atoms in total. The molecule has 0 aliphatic rings. The summed E-state index contributed by atoms with van der Waals surface area (Å²) >= 11 is 1.63. The van der Waals surface area contributed by atoms with Gasteiger partial charge in [0.15, 0.2) is 0 Å². The first-order valence-corrected chi connectivity index (χ1v) is 11.0. The Morgan fingerprint density at radius 2 is 1.88 bits per heavy atom. The molecule has 0 saturated carbocycles. The van der Waals surface area contributed by atoms with Gasteiger partial charge in [-0.25, -0.2) is 8.42 Å². The Kier molecular flexibility index (Phi) is 6.61. The first-order chi connectivity index (χ1) is 11.8. The molecule has 2 rings (SSSR count). The average Bonchev–Trinajstić information content (AvgIpc) is 3.07. The van der Waals surface area contributed by atoms with Crippen molar-refractivity contribution in [3.8, 4) is 0 Å². The fourth-order valence-corrected chi connectivity index (χ4v) is 4.24. The first-order valence-electron chi connectivity index (χ1n) is 8.26. The van der Waals surface area contributed by atoms with Gasteiger partial charge in [0.25, 0.3) is 5.91 Å². The second-order valence-electron chi connectivity index (χ2n) is 6.00. The molecule has 1 unspecified atom stereocenters. The molecule has 0 spiro atoms. The van der Waals surface area contributed by atoms with Gasteiger partial charge >= 0.3 is 0 Å². The van der Waals surface area contributed by atoms with Crippen molar-refractivity contribution in [2.75, 3.05) is 11.0 Å². The van der Waals surface area contributed by atoms with Crippen LogP contribution in [0.1, 0.15) is 48.0 Å². The highest BCUT2D eigenvalue weighted by atomic mass is 32.2. The van der Waals surface area contributed by atoms with Gasteiger partial charge in [-0.2, -0.15) is 0 Å². The van der Waals surface area contributed by atoms with Gasteiger partial charge in [0, 0.05) is 16.1 Å². The summed E-state index contributed by atoms with van der Waals surface area (Å²) in [6, 6.07) is 10.5. The number of carbonyl (C=O) groups excluding carboxylic acids is 1. The van der Waals surface area contributed by atoms with Gasteiger partial charge in [-0.3, -0.25) is 9.52 Å². The summed E-state index contributed by atoms with van der Waals surface area (Å²) in [5, 5.41) is 5.13. The Labute approximate surface area is 153 Å². The molecular formula is C18H24N2O3S2. The lowest BCUT2D eigenvalue weighted by Gasteiger charge is -2.25. The van der Waals surface area contributed by atoms with Crippen molar-refractivity contribution >= 4 is 33.0 Å². The van der Waals surface area contributed by atoms with Crippen molar-refractivity contribution in [2.24, 2.45) is 5.92 Å². The Morgan fingerprint density at radius 1 is 1.16 bits per heavy atom. The summed E-state index contributed by atoms with van der Waals surface area (Å²) in [5.41, 5.74) is 0.812. The van der Waals surface area contributed by atoms with E-state index in [1.54, 1.807) is 35.6 Å². The minimum absolute atomic E-state index is 0.0472. The predicted octanol–water partition coefficient (Wildman–Crippen LogP) is 4.03. The fourth-order valence-electron chi connectivity index (χ4n) is 2.81. The maximum atomic E-state index is 12.7. The van der Waals surface area contributed by atoms with Crippen LogP contribution in [0, 0.1) is 5.92 Å². The quantitative estimate of drug-likeness (QED) is 0.726. The zero-order chi connectivity index (χ0) is 18.4. The molecule has 2 N–H and O–H groups in total. The van der Waals surface area contributed by atoms with E-state index in [0.29, 0.717) is 17.2 Å². The molecule has 1 atom stereocenters. The van der Waals surface area contributed by atoms with Crippen LogP contribution in [-0.2, 0) is 10.0 Å². The van der Waals surface area contributed by atoms with Crippen molar-refractivity contribution in [2.45, 2.75) is 32.7 Å². The van der Waals surface area contributed by atoms with E-state index in [2.05, 4.69) is 23.9 Å². The van der Waals surface area contributed by atoms with E-state index in [0.717, 1.165) is 24.0 Å². The molecule has 0 bridgehead atoms. The molecule has 1 aromatic carbocycles. The van der Waals surface area contributed by atoms with E-state index in [9.17, 15) is 13.2 Å². The van der Waals surface area contributed by atoms with E-state index in [-0.39, 0.29) is 11.9 Å². The highest BCUT2D eigenvalue weighted by molar-refractivity contribution is 7.92. The Hall–Kier alpha value is -1.86. The molecule has 0 aliphatic carbocycles. The molecule has 2 aromatic rings. The largest absolute Gasteiger partial charge is 0.344 e. The highest BCUT2D eigenvalue weighted by Gasteiger charge is 2.24. The highest BCUT2D eigenvalue weighted by Crippen LogP contribution is 2.30. The number of hydrogen-bond donors (Lipinski definition) is 2. The lowest BCUT2D eigenvalue weighted by molar-refractivity contribution is 0.0920. The molecule has 7 heteroatoms. The van der Waals surface area contributed by atoms with Crippen LogP contribution in [0.5, 0.6) is 0 Å². The lowest BCUT2D eigenvalue weighted by atomic mass is 9.92. The molecule has 0 aliphatic heterocycles. The van der Waals surface area contributed by atoms with Crippen LogP contribution in [0.4, 0.5) is 5.69 Å². The minimum Gasteiger partial charge on any atom is -0.344 e. The third kappa shape index (κ3) is 5.57. The molecule has 25 heavy (non-hydrogen) atoms. The van der Waals surface area contributed by atoms with E-state index >= 15 is 0 Å². The fraction of sp³-hybridized carbons (Fsp3) is 0.389. The SMILES string of the molecule is CCC(CC)C(NC(=O)c1cccc(NS(C)(=O)=O)c1)c1cccs1. The topological polar surface area (TPSA) is 75.3 Å². The third-order valence-corrected chi connectivity index (χ3v) is 5.65. The van der Waals surface area contributed by atoms with Gasteiger partial charge in [0.05, 0.1) is 12.3 Å². The average molecular weight is 381 g/mol. The molecule has 1 aromatic heterocycles. The van der Waals surface area contributed by atoms with Crippen LogP contribution in [0.15, 0.2) is 41.8 Å². The van der Waals surface area contributed by atoms with E-state index in [1.807, 2.05) is 17.5 Å². The van der Waals surface area contributed by atoms with Gasteiger partial charge in [0.2, 0.25) is 10.0 Å². The summed E-state index contributed by atoms with van der Waals surface area (Å²) < 4.78 is 25.1. The summed E-state index contributed by atoms with van der Waals surface area (Å²) in [5.74, 6) is 0.141. The lowest BCUT2D eigenvalue weighted by Crippen LogP contribution is -2.32. The number of nitrogens with one attached hydrogen (secondary N) is 2.